The molecule has 3 amide bonds. The summed E-state index contributed by atoms with van der Waals surface area (Å²) in [5.74, 6) is 0.0468. The number of nitrogens with one attached hydrogen (secondary N) is 1. The summed E-state index contributed by atoms with van der Waals surface area (Å²) in [6, 6.07) is 9.07. The summed E-state index contributed by atoms with van der Waals surface area (Å²) >= 11 is 5.94. The number of imide groups is 1. The molecule has 1 heterocycles. The first-order valence-electron chi connectivity index (χ1n) is 8.22. The Hall–Kier alpha value is -3.26. The first-order valence-corrected chi connectivity index (χ1v) is 8.59. The Bertz CT molecular complexity index is 961. The molecule has 0 saturated carbocycles. The van der Waals surface area contributed by atoms with Crippen molar-refractivity contribution in [3.8, 4) is 17.2 Å². The Morgan fingerprint density at radius 2 is 1.86 bits per heavy atom. The van der Waals surface area contributed by atoms with Crippen molar-refractivity contribution in [2.45, 2.75) is 12.5 Å². The molecule has 3 rings (SSSR count). The summed E-state index contributed by atoms with van der Waals surface area (Å²) < 4.78 is 10.1. The lowest BCUT2D eigenvalue weighted by molar-refractivity contribution is -0.131. The number of benzene rings is 2. The van der Waals surface area contributed by atoms with Crippen molar-refractivity contribution in [2.75, 3.05) is 14.2 Å². The molecule has 2 aromatic rings. The van der Waals surface area contributed by atoms with E-state index in [0.29, 0.717) is 16.9 Å². The van der Waals surface area contributed by atoms with Gasteiger partial charge in [-0.05, 0) is 42.3 Å². The van der Waals surface area contributed by atoms with Crippen molar-refractivity contribution in [1.29, 1.82) is 0 Å². The first kappa shape index (κ1) is 19.5. The van der Waals surface area contributed by atoms with E-state index >= 15 is 0 Å². The van der Waals surface area contributed by atoms with Gasteiger partial charge >= 0.3 is 6.03 Å². The van der Waals surface area contributed by atoms with Gasteiger partial charge in [0.15, 0.2) is 11.5 Å². The van der Waals surface area contributed by atoms with Crippen LogP contribution < -0.4 is 14.8 Å². The van der Waals surface area contributed by atoms with E-state index in [2.05, 4.69) is 10.4 Å². The van der Waals surface area contributed by atoms with Crippen LogP contribution in [-0.2, 0) is 10.3 Å². The predicted molar refractivity (Wildman–Crippen MR) is 103 cm³/mol. The number of methoxy groups -OCH3 is 2. The molecule has 0 radical (unpaired) electrons. The number of rotatable bonds is 5. The number of aromatic hydroxyl groups is 1. The standard InChI is InChI=1S/C19H18ClN3O5/c1-19(12-4-6-13(27-2)7-5-12)17(25)23(18(26)22-19)21-10-11-8-14(20)16(24)15(9-11)28-3/h4-10,24H,1-3H3,(H,22,26)/b21-10+. The number of urea groups is 1. The number of phenolic OH excluding ortho intramolecular Hbond substituents is 1. The molecule has 2 N–H and O–H groups in total. The molecule has 1 unspecified atom stereocenters. The lowest BCUT2D eigenvalue weighted by Gasteiger charge is -2.21. The Labute approximate surface area is 166 Å². The number of ether oxygens (including phenoxy) is 2. The molecule has 1 aliphatic heterocycles. The lowest BCUT2D eigenvalue weighted by Crippen LogP contribution is -2.40. The van der Waals surface area contributed by atoms with E-state index in [9.17, 15) is 14.7 Å². The third-order valence-electron chi connectivity index (χ3n) is 4.43. The van der Waals surface area contributed by atoms with Gasteiger partial charge in [-0.2, -0.15) is 5.10 Å². The Balaban J connectivity index is 1.87. The van der Waals surface area contributed by atoms with Crippen LogP contribution in [-0.4, -0.2) is 42.5 Å². The van der Waals surface area contributed by atoms with Gasteiger partial charge in [-0.3, -0.25) is 4.79 Å². The maximum atomic E-state index is 12.9. The molecule has 2 aromatic carbocycles. The summed E-state index contributed by atoms with van der Waals surface area (Å²) in [5, 5.41) is 17.2. The van der Waals surface area contributed by atoms with Gasteiger partial charge in [-0.1, -0.05) is 23.7 Å². The van der Waals surface area contributed by atoms with E-state index in [1.807, 2.05) is 0 Å². The molecule has 1 atom stereocenters. The van der Waals surface area contributed by atoms with Crippen LogP contribution in [0.25, 0.3) is 0 Å². The van der Waals surface area contributed by atoms with E-state index in [1.165, 1.54) is 25.5 Å². The summed E-state index contributed by atoms with van der Waals surface area (Å²) in [6.45, 7) is 1.60. The minimum atomic E-state index is -1.26. The van der Waals surface area contributed by atoms with Crippen molar-refractivity contribution < 1.29 is 24.2 Å². The highest BCUT2D eigenvalue weighted by Crippen LogP contribution is 2.35. The highest BCUT2D eigenvalue weighted by atomic mass is 35.5. The van der Waals surface area contributed by atoms with Crippen molar-refractivity contribution in [2.24, 2.45) is 5.10 Å². The highest BCUT2D eigenvalue weighted by molar-refractivity contribution is 6.32. The monoisotopic (exact) mass is 403 g/mol. The van der Waals surface area contributed by atoms with Crippen LogP contribution in [0.5, 0.6) is 17.2 Å². The van der Waals surface area contributed by atoms with E-state index in [4.69, 9.17) is 21.1 Å². The lowest BCUT2D eigenvalue weighted by atomic mass is 9.92. The highest BCUT2D eigenvalue weighted by Gasteiger charge is 2.49. The topological polar surface area (TPSA) is 100 Å². The Morgan fingerprint density at radius 1 is 1.18 bits per heavy atom. The van der Waals surface area contributed by atoms with Crippen LogP contribution in [0, 0.1) is 0 Å². The number of hydrogen-bond donors (Lipinski definition) is 2. The fraction of sp³-hybridized carbons (Fsp3) is 0.211. The number of nitrogens with zero attached hydrogens (tertiary/aromatic N) is 2. The van der Waals surface area contributed by atoms with Gasteiger partial charge in [0.1, 0.15) is 11.3 Å². The molecule has 1 fully saturated rings. The second-order valence-electron chi connectivity index (χ2n) is 6.20. The maximum Gasteiger partial charge on any atom is 0.346 e. The number of amides is 3. The zero-order valence-electron chi connectivity index (χ0n) is 15.4. The molecule has 9 heteroatoms. The molecule has 1 saturated heterocycles. The molecule has 0 aliphatic carbocycles. The van der Waals surface area contributed by atoms with Gasteiger partial charge in [-0.25, -0.2) is 4.79 Å². The first-order chi connectivity index (χ1) is 13.3. The fourth-order valence-corrected chi connectivity index (χ4v) is 3.02. The van der Waals surface area contributed by atoms with Crippen molar-refractivity contribution in [3.63, 3.8) is 0 Å². The summed E-state index contributed by atoms with van der Waals surface area (Å²) in [4.78, 5) is 25.2. The average molecular weight is 404 g/mol. The number of carbonyl (C=O) groups is 2. The number of halogens is 1. The Kier molecular flexibility index (Phi) is 5.15. The number of carbonyl (C=O) groups excluding carboxylic acids is 2. The van der Waals surface area contributed by atoms with Crippen LogP contribution in [0.1, 0.15) is 18.1 Å². The zero-order valence-corrected chi connectivity index (χ0v) is 16.1. The quantitative estimate of drug-likeness (QED) is 0.590. The molecule has 28 heavy (non-hydrogen) atoms. The number of phenols is 1. The van der Waals surface area contributed by atoms with Gasteiger partial charge in [0, 0.05) is 0 Å². The maximum absolute atomic E-state index is 12.9. The molecule has 0 bridgehead atoms. The number of hydrazone groups is 1. The van der Waals surface area contributed by atoms with Gasteiger partial charge in [0.2, 0.25) is 0 Å². The van der Waals surface area contributed by atoms with Gasteiger partial charge in [-0.15, -0.1) is 5.01 Å². The van der Waals surface area contributed by atoms with Gasteiger partial charge < -0.3 is 19.9 Å². The minimum absolute atomic E-state index is 0.0565. The van der Waals surface area contributed by atoms with Gasteiger partial charge in [0.25, 0.3) is 5.91 Å². The van der Waals surface area contributed by atoms with E-state index in [0.717, 1.165) is 5.01 Å². The van der Waals surface area contributed by atoms with Crippen LogP contribution in [0.15, 0.2) is 41.5 Å². The zero-order chi connectivity index (χ0) is 20.5. The summed E-state index contributed by atoms with van der Waals surface area (Å²) in [5.41, 5.74) is -0.220. The van der Waals surface area contributed by atoms with E-state index in [1.54, 1.807) is 38.3 Å². The van der Waals surface area contributed by atoms with Crippen LogP contribution in [0.2, 0.25) is 5.02 Å². The molecular weight excluding hydrogens is 386 g/mol. The van der Waals surface area contributed by atoms with Crippen molar-refractivity contribution in [3.05, 3.63) is 52.5 Å². The summed E-state index contributed by atoms with van der Waals surface area (Å²) in [7, 11) is 2.92. The van der Waals surface area contributed by atoms with Crippen molar-refractivity contribution in [1.82, 2.24) is 10.3 Å². The van der Waals surface area contributed by atoms with Crippen LogP contribution in [0.4, 0.5) is 4.79 Å². The number of hydrogen-bond acceptors (Lipinski definition) is 6. The molecule has 1 aliphatic rings. The largest absolute Gasteiger partial charge is 0.503 e. The molecule has 146 valence electrons. The predicted octanol–water partition coefficient (Wildman–Crippen LogP) is 2.86. The average Bonchev–Trinajstić information content (AvgIpc) is 2.92. The molecule has 8 nitrogen and oxygen atoms in total. The van der Waals surface area contributed by atoms with Crippen molar-refractivity contribution >= 4 is 29.8 Å². The minimum Gasteiger partial charge on any atom is -0.503 e. The molecule has 0 aromatic heterocycles. The molecular formula is C19H18ClN3O5. The second kappa shape index (κ2) is 7.40. The third-order valence-corrected chi connectivity index (χ3v) is 4.72. The smallest absolute Gasteiger partial charge is 0.346 e. The van der Waals surface area contributed by atoms with E-state index in [-0.39, 0.29) is 16.5 Å². The van der Waals surface area contributed by atoms with Crippen LogP contribution >= 0.6 is 11.6 Å². The van der Waals surface area contributed by atoms with Crippen LogP contribution in [0.3, 0.4) is 0 Å². The second-order valence-corrected chi connectivity index (χ2v) is 6.61. The molecule has 0 spiro atoms. The fourth-order valence-electron chi connectivity index (χ4n) is 2.80. The normalized spacial score (nSPS) is 19.2. The Morgan fingerprint density at radius 3 is 2.46 bits per heavy atom. The van der Waals surface area contributed by atoms with Gasteiger partial charge in [0.05, 0.1) is 25.5 Å². The SMILES string of the molecule is COc1ccc(C2(C)NC(=O)N(/N=C/c3cc(Cl)c(O)c(OC)c3)C2=O)cc1. The van der Waals surface area contributed by atoms with E-state index < -0.39 is 17.5 Å². The third kappa shape index (κ3) is 3.34. The summed E-state index contributed by atoms with van der Waals surface area (Å²) in [6.07, 6.45) is 1.28.